The number of rotatable bonds is 4. The van der Waals surface area contributed by atoms with Crippen molar-refractivity contribution in [1.29, 1.82) is 0 Å². The monoisotopic (exact) mass is 257 g/mol. The molecule has 0 atom stereocenters. The molecule has 100 valence electrons. The van der Waals surface area contributed by atoms with E-state index < -0.39 is 0 Å². The van der Waals surface area contributed by atoms with Crippen molar-refractivity contribution in [3.63, 3.8) is 0 Å². The van der Waals surface area contributed by atoms with E-state index in [0.29, 0.717) is 0 Å². The Bertz CT molecular complexity index is 567. The molecule has 2 rings (SSSR count). The Balaban J connectivity index is 2.57. The number of hydrogen-bond acceptors (Lipinski definition) is 4. The number of ether oxygens (including phenoxy) is 1. The van der Waals surface area contributed by atoms with Crippen LogP contribution in [0.15, 0.2) is 30.3 Å². The number of hydrogen-bond donors (Lipinski definition) is 1. The minimum atomic E-state index is 0.279. The van der Waals surface area contributed by atoms with Crippen LogP contribution < -0.4 is 10.1 Å². The second-order valence-electron chi connectivity index (χ2n) is 4.60. The molecule has 2 aromatic rings. The smallest absolute Gasteiger partial charge is 0.133 e. The van der Waals surface area contributed by atoms with Gasteiger partial charge >= 0.3 is 0 Å². The highest BCUT2D eigenvalue weighted by Gasteiger charge is 2.11. The molecular formula is C15H19N3O. The first-order valence-corrected chi connectivity index (χ1v) is 6.35. The minimum absolute atomic E-state index is 0.279. The van der Waals surface area contributed by atoms with E-state index in [9.17, 15) is 0 Å². The largest absolute Gasteiger partial charge is 0.496 e. The summed E-state index contributed by atoms with van der Waals surface area (Å²) < 4.78 is 5.39. The van der Waals surface area contributed by atoms with Gasteiger partial charge in [-0.1, -0.05) is 26.0 Å². The summed E-state index contributed by atoms with van der Waals surface area (Å²) in [5.74, 6) is 2.74. The van der Waals surface area contributed by atoms with E-state index in [2.05, 4.69) is 29.1 Å². The molecule has 0 aliphatic carbocycles. The van der Waals surface area contributed by atoms with Crippen molar-refractivity contribution in [3.8, 4) is 17.0 Å². The Kier molecular flexibility index (Phi) is 4.00. The molecule has 0 fully saturated rings. The predicted octanol–water partition coefficient (Wildman–Crippen LogP) is 3.32. The number of nitrogens with zero attached hydrogens (tertiary/aromatic N) is 2. The van der Waals surface area contributed by atoms with Crippen molar-refractivity contribution in [1.82, 2.24) is 9.97 Å². The summed E-state index contributed by atoms with van der Waals surface area (Å²) >= 11 is 0. The van der Waals surface area contributed by atoms with Crippen LogP contribution in [0.25, 0.3) is 11.3 Å². The molecule has 0 aliphatic heterocycles. The molecule has 4 nitrogen and oxygen atoms in total. The van der Waals surface area contributed by atoms with Crippen LogP contribution in [0.1, 0.15) is 25.6 Å². The van der Waals surface area contributed by atoms with E-state index in [0.717, 1.165) is 28.6 Å². The van der Waals surface area contributed by atoms with Gasteiger partial charge in [0, 0.05) is 24.6 Å². The van der Waals surface area contributed by atoms with E-state index in [1.165, 1.54) is 0 Å². The van der Waals surface area contributed by atoms with E-state index in [4.69, 9.17) is 4.74 Å². The van der Waals surface area contributed by atoms with E-state index in [1.54, 1.807) is 7.11 Å². The second kappa shape index (κ2) is 5.69. The number of benzene rings is 1. The number of nitrogens with one attached hydrogen (secondary N) is 1. The molecule has 4 heteroatoms. The fourth-order valence-corrected chi connectivity index (χ4v) is 1.85. The van der Waals surface area contributed by atoms with Gasteiger partial charge in [0.25, 0.3) is 0 Å². The molecule has 0 spiro atoms. The van der Waals surface area contributed by atoms with E-state index in [1.807, 2.05) is 37.4 Å². The zero-order valence-corrected chi connectivity index (χ0v) is 11.8. The third kappa shape index (κ3) is 2.84. The van der Waals surface area contributed by atoms with Crippen molar-refractivity contribution in [2.24, 2.45) is 0 Å². The Labute approximate surface area is 113 Å². The summed E-state index contributed by atoms with van der Waals surface area (Å²) in [6, 6.07) is 9.81. The molecule has 0 bridgehead atoms. The highest BCUT2D eigenvalue weighted by Crippen LogP contribution is 2.30. The Morgan fingerprint density at radius 3 is 2.53 bits per heavy atom. The highest BCUT2D eigenvalue weighted by atomic mass is 16.5. The van der Waals surface area contributed by atoms with Gasteiger partial charge in [-0.25, -0.2) is 9.97 Å². The zero-order valence-electron chi connectivity index (χ0n) is 11.8. The molecule has 19 heavy (non-hydrogen) atoms. The maximum Gasteiger partial charge on any atom is 0.133 e. The quantitative estimate of drug-likeness (QED) is 0.912. The van der Waals surface area contributed by atoms with Crippen LogP contribution in [-0.4, -0.2) is 24.1 Å². The average molecular weight is 257 g/mol. The molecule has 1 aromatic heterocycles. The summed E-state index contributed by atoms with van der Waals surface area (Å²) in [6.45, 7) is 4.17. The zero-order chi connectivity index (χ0) is 13.8. The average Bonchev–Trinajstić information content (AvgIpc) is 2.46. The first-order valence-electron chi connectivity index (χ1n) is 6.35. The maximum atomic E-state index is 5.39. The van der Waals surface area contributed by atoms with Crippen molar-refractivity contribution in [3.05, 3.63) is 36.2 Å². The molecule has 0 amide bonds. The second-order valence-corrected chi connectivity index (χ2v) is 4.60. The van der Waals surface area contributed by atoms with Gasteiger partial charge < -0.3 is 10.1 Å². The maximum absolute atomic E-state index is 5.39. The standard InChI is InChI=1S/C15H19N3O/c1-10(2)15-17-12(9-14(16-3)18-15)11-7-5-6-8-13(11)19-4/h5-10H,1-4H3,(H,16,17,18). The molecule has 0 saturated heterocycles. The van der Waals surface area contributed by atoms with Gasteiger partial charge in [0.15, 0.2) is 0 Å². The number of anilines is 1. The topological polar surface area (TPSA) is 47.0 Å². The first-order chi connectivity index (χ1) is 9.15. The Hall–Kier alpha value is -2.10. The summed E-state index contributed by atoms with van der Waals surface area (Å²) in [5.41, 5.74) is 1.85. The normalized spacial score (nSPS) is 10.6. The number of para-hydroxylation sites is 1. The van der Waals surface area contributed by atoms with Gasteiger partial charge in [0.1, 0.15) is 17.4 Å². The molecule has 0 radical (unpaired) electrons. The molecular weight excluding hydrogens is 238 g/mol. The summed E-state index contributed by atoms with van der Waals surface area (Å²) in [7, 11) is 3.53. The SMILES string of the molecule is CNc1cc(-c2ccccc2OC)nc(C(C)C)n1. The van der Waals surface area contributed by atoms with Crippen LogP contribution in [0.2, 0.25) is 0 Å². The number of methoxy groups -OCH3 is 1. The fourth-order valence-electron chi connectivity index (χ4n) is 1.85. The molecule has 0 aliphatic rings. The van der Waals surface area contributed by atoms with E-state index in [-0.39, 0.29) is 5.92 Å². The van der Waals surface area contributed by atoms with Crippen molar-refractivity contribution < 1.29 is 4.74 Å². The lowest BCUT2D eigenvalue weighted by Crippen LogP contribution is -2.03. The lowest BCUT2D eigenvalue weighted by Gasteiger charge is -2.12. The fraction of sp³-hybridized carbons (Fsp3) is 0.333. The van der Waals surface area contributed by atoms with Gasteiger partial charge in [-0.3, -0.25) is 0 Å². The van der Waals surface area contributed by atoms with Gasteiger partial charge in [-0.2, -0.15) is 0 Å². The van der Waals surface area contributed by atoms with Crippen LogP contribution in [0.4, 0.5) is 5.82 Å². The van der Waals surface area contributed by atoms with Crippen LogP contribution in [0, 0.1) is 0 Å². The van der Waals surface area contributed by atoms with Crippen molar-refractivity contribution >= 4 is 5.82 Å². The van der Waals surface area contributed by atoms with E-state index >= 15 is 0 Å². The van der Waals surface area contributed by atoms with Crippen LogP contribution in [0.3, 0.4) is 0 Å². The Morgan fingerprint density at radius 2 is 1.89 bits per heavy atom. The summed E-state index contributed by atoms with van der Waals surface area (Å²) in [4.78, 5) is 9.10. The summed E-state index contributed by atoms with van der Waals surface area (Å²) in [6.07, 6.45) is 0. The van der Waals surface area contributed by atoms with Crippen LogP contribution in [0.5, 0.6) is 5.75 Å². The van der Waals surface area contributed by atoms with Crippen molar-refractivity contribution in [2.45, 2.75) is 19.8 Å². The van der Waals surface area contributed by atoms with Crippen molar-refractivity contribution in [2.75, 3.05) is 19.5 Å². The third-order valence-electron chi connectivity index (χ3n) is 2.90. The van der Waals surface area contributed by atoms with Crippen LogP contribution in [-0.2, 0) is 0 Å². The molecule has 0 unspecified atom stereocenters. The third-order valence-corrected chi connectivity index (χ3v) is 2.90. The molecule has 1 aromatic carbocycles. The van der Waals surface area contributed by atoms with Crippen LogP contribution >= 0.6 is 0 Å². The summed E-state index contributed by atoms with van der Waals surface area (Å²) in [5, 5.41) is 3.08. The lowest BCUT2D eigenvalue weighted by atomic mass is 10.1. The minimum Gasteiger partial charge on any atom is -0.496 e. The predicted molar refractivity (Wildman–Crippen MR) is 77.7 cm³/mol. The highest BCUT2D eigenvalue weighted by molar-refractivity contribution is 5.69. The lowest BCUT2D eigenvalue weighted by molar-refractivity contribution is 0.416. The molecule has 1 N–H and O–H groups in total. The number of aromatic nitrogens is 2. The Morgan fingerprint density at radius 1 is 1.16 bits per heavy atom. The molecule has 1 heterocycles. The first kappa shape index (κ1) is 13.3. The van der Waals surface area contributed by atoms with Gasteiger partial charge in [0.2, 0.25) is 0 Å². The van der Waals surface area contributed by atoms with Gasteiger partial charge in [-0.15, -0.1) is 0 Å². The van der Waals surface area contributed by atoms with Gasteiger partial charge in [0.05, 0.1) is 12.8 Å². The molecule has 0 saturated carbocycles. The van der Waals surface area contributed by atoms with Gasteiger partial charge in [-0.05, 0) is 12.1 Å².